The molecular formula is C27H35N3O2S. The van der Waals surface area contributed by atoms with Crippen molar-refractivity contribution in [2.75, 3.05) is 38.5 Å². The van der Waals surface area contributed by atoms with E-state index in [1.54, 1.807) is 12.1 Å². The molecule has 2 heterocycles. The molecule has 1 unspecified atom stereocenters. The van der Waals surface area contributed by atoms with Crippen LogP contribution in [0.25, 0.3) is 11.1 Å². The van der Waals surface area contributed by atoms with Gasteiger partial charge in [-0.05, 0) is 87.5 Å². The Bertz CT molecular complexity index is 1050. The molecule has 0 aliphatic carbocycles. The van der Waals surface area contributed by atoms with Crippen LogP contribution in [0.5, 0.6) is 0 Å². The lowest BCUT2D eigenvalue weighted by Gasteiger charge is -2.28. The van der Waals surface area contributed by atoms with Crippen LogP contribution < -0.4 is 0 Å². The van der Waals surface area contributed by atoms with Crippen molar-refractivity contribution >= 4 is 9.84 Å². The molecule has 0 amide bonds. The highest BCUT2D eigenvalue weighted by Crippen LogP contribution is 2.24. The topological polar surface area (TPSA) is 64.4 Å². The number of nitriles is 1. The van der Waals surface area contributed by atoms with Gasteiger partial charge in [0.2, 0.25) is 0 Å². The summed E-state index contributed by atoms with van der Waals surface area (Å²) in [5.41, 5.74) is 3.49. The first-order chi connectivity index (χ1) is 15.9. The minimum absolute atomic E-state index is 0.119. The summed E-state index contributed by atoms with van der Waals surface area (Å²) in [4.78, 5) is 5.11. The molecule has 0 aromatic heterocycles. The van der Waals surface area contributed by atoms with Crippen molar-refractivity contribution in [3.63, 3.8) is 0 Å². The van der Waals surface area contributed by atoms with E-state index in [0.29, 0.717) is 17.5 Å². The smallest absolute Gasteiger partial charge is 0.179 e. The standard InChI is InChI=1S/C27H35N3O2S/c1-22-3-2-15-30(22)18-14-23-4-6-25(7-5-23)26-8-10-27(11-9-26)33(31,32)20-19-29-16-12-24(21-28)13-17-29/h4-11,22,24H,2-3,12-20H2,1H3. The summed E-state index contributed by atoms with van der Waals surface area (Å²) in [7, 11) is -3.32. The molecule has 0 spiro atoms. The van der Waals surface area contributed by atoms with Gasteiger partial charge in [0.25, 0.3) is 0 Å². The summed E-state index contributed by atoms with van der Waals surface area (Å²) < 4.78 is 25.6. The number of hydrogen-bond acceptors (Lipinski definition) is 5. The van der Waals surface area contributed by atoms with Gasteiger partial charge in [0.15, 0.2) is 9.84 Å². The summed E-state index contributed by atoms with van der Waals surface area (Å²) in [6, 6.07) is 19.0. The Hall–Kier alpha value is -2.20. The Balaban J connectivity index is 1.31. The number of sulfone groups is 1. The molecule has 0 N–H and O–H groups in total. The summed E-state index contributed by atoms with van der Waals surface area (Å²) in [5, 5.41) is 9.01. The van der Waals surface area contributed by atoms with Crippen LogP contribution in [0.3, 0.4) is 0 Å². The van der Waals surface area contributed by atoms with Gasteiger partial charge in [0, 0.05) is 25.0 Å². The van der Waals surface area contributed by atoms with Gasteiger partial charge in [-0.1, -0.05) is 36.4 Å². The van der Waals surface area contributed by atoms with E-state index in [1.165, 1.54) is 24.9 Å². The summed E-state index contributed by atoms with van der Waals surface area (Å²) >= 11 is 0. The lowest BCUT2D eigenvalue weighted by atomic mass is 9.99. The molecule has 0 bridgehead atoms. The average molecular weight is 466 g/mol. The number of piperidine rings is 1. The third-order valence-corrected chi connectivity index (χ3v) is 9.04. The lowest BCUT2D eigenvalue weighted by molar-refractivity contribution is 0.216. The molecule has 0 radical (unpaired) electrons. The van der Waals surface area contributed by atoms with Crippen LogP contribution in [-0.4, -0.2) is 62.7 Å². The van der Waals surface area contributed by atoms with E-state index in [-0.39, 0.29) is 11.7 Å². The molecule has 2 aliphatic heterocycles. The fourth-order valence-electron chi connectivity index (χ4n) is 4.97. The highest BCUT2D eigenvalue weighted by atomic mass is 32.2. The van der Waals surface area contributed by atoms with Crippen molar-refractivity contribution in [1.82, 2.24) is 9.80 Å². The molecule has 2 aromatic carbocycles. The van der Waals surface area contributed by atoms with Crippen molar-refractivity contribution in [2.24, 2.45) is 5.92 Å². The minimum atomic E-state index is -3.32. The summed E-state index contributed by atoms with van der Waals surface area (Å²) in [5.74, 6) is 0.238. The molecule has 2 aromatic rings. The Labute approximate surface area is 198 Å². The number of likely N-dealkylation sites (tertiary alicyclic amines) is 2. The number of benzene rings is 2. The van der Waals surface area contributed by atoms with Crippen LogP contribution >= 0.6 is 0 Å². The fraction of sp³-hybridized carbons (Fsp3) is 0.519. The molecule has 33 heavy (non-hydrogen) atoms. The van der Waals surface area contributed by atoms with E-state index < -0.39 is 9.84 Å². The van der Waals surface area contributed by atoms with Gasteiger partial charge < -0.3 is 9.80 Å². The second-order valence-corrected chi connectivity index (χ2v) is 11.7. The first-order valence-electron chi connectivity index (χ1n) is 12.2. The number of rotatable bonds is 8. The third kappa shape index (κ3) is 6.23. The minimum Gasteiger partial charge on any atom is -0.302 e. The maximum absolute atomic E-state index is 12.8. The van der Waals surface area contributed by atoms with E-state index in [1.807, 2.05) is 12.1 Å². The van der Waals surface area contributed by atoms with Gasteiger partial charge in [-0.3, -0.25) is 0 Å². The molecule has 4 rings (SSSR count). The van der Waals surface area contributed by atoms with E-state index in [2.05, 4.69) is 47.1 Å². The van der Waals surface area contributed by atoms with Crippen molar-refractivity contribution in [3.8, 4) is 17.2 Å². The molecular weight excluding hydrogens is 430 g/mol. The van der Waals surface area contributed by atoms with Crippen LogP contribution in [0.15, 0.2) is 53.4 Å². The predicted molar refractivity (Wildman–Crippen MR) is 133 cm³/mol. The van der Waals surface area contributed by atoms with Gasteiger partial charge >= 0.3 is 0 Å². The first-order valence-corrected chi connectivity index (χ1v) is 13.9. The van der Waals surface area contributed by atoms with Gasteiger partial charge in [-0.25, -0.2) is 8.42 Å². The van der Waals surface area contributed by atoms with Gasteiger partial charge in [-0.2, -0.15) is 5.26 Å². The van der Waals surface area contributed by atoms with E-state index in [9.17, 15) is 8.42 Å². The molecule has 1 atom stereocenters. The van der Waals surface area contributed by atoms with E-state index in [4.69, 9.17) is 5.26 Å². The zero-order valence-electron chi connectivity index (χ0n) is 19.6. The van der Waals surface area contributed by atoms with E-state index in [0.717, 1.165) is 50.0 Å². The molecule has 5 nitrogen and oxygen atoms in total. The second-order valence-electron chi connectivity index (χ2n) is 9.56. The lowest BCUT2D eigenvalue weighted by Crippen LogP contribution is -2.36. The Kier molecular flexibility index (Phi) is 7.85. The summed E-state index contributed by atoms with van der Waals surface area (Å²) in [6.07, 6.45) is 5.36. The highest BCUT2D eigenvalue weighted by molar-refractivity contribution is 7.91. The van der Waals surface area contributed by atoms with Gasteiger partial charge in [-0.15, -0.1) is 0 Å². The maximum atomic E-state index is 12.8. The van der Waals surface area contributed by atoms with Crippen LogP contribution in [0.1, 0.15) is 38.2 Å². The number of hydrogen-bond donors (Lipinski definition) is 0. The van der Waals surface area contributed by atoms with Crippen molar-refractivity contribution in [3.05, 3.63) is 54.1 Å². The molecule has 2 saturated heterocycles. The predicted octanol–water partition coefficient (Wildman–Crippen LogP) is 4.39. The van der Waals surface area contributed by atoms with Crippen LogP contribution in [-0.2, 0) is 16.3 Å². The molecule has 2 fully saturated rings. The third-order valence-electron chi connectivity index (χ3n) is 7.33. The van der Waals surface area contributed by atoms with Gasteiger partial charge in [0.05, 0.1) is 16.7 Å². The SMILES string of the molecule is CC1CCCN1CCc1ccc(-c2ccc(S(=O)(=O)CCN3CCC(C#N)CC3)cc2)cc1. The largest absolute Gasteiger partial charge is 0.302 e. The van der Waals surface area contributed by atoms with Gasteiger partial charge in [0.1, 0.15) is 0 Å². The Morgan fingerprint density at radius 2 is 1.55 bits per heavy atom. The summed E-state index contributed by atoms with van der Waals surface area (Å²) in [6.45, 7) is 6.79. The van der Waals surface area contributed by atoms with Crippen LogP contribution in [0.2, 0.25) is 0 Å². The quantitative estimate of drug-likeness (QED) is 0.579. The number of nitrogens with zero attached hydrogens (tertiary/aromatic N) is 3. The molecule has 176 valence electrons. The van der Waals surface area contributed by atoms with Crippen molar-refractivity contribution in [1.29, 1.82) is 5.26 Å². The molecule has 2 aliphatic rings. The zero-order valence-corrected chi connectivity index (χ0v) is 20.4. The Morgan fingerprint density at radius 3 is 2.12 bits per heavy atom. The molecule has 6 heteroatoms. The van der Waals surface area contributed by atoms with E-state index >= 15 is 0 Å². The zero-order chi connectivity index (χ0) is 23.3. The maximum Gasteiger partial charge on any atom is 0.179 e. The van der Waals surface area contributed by atoms with Crippen LogP contribution in [0, 0.1) is 17.2 Å². The highest BCUT2D eigenvalue weighted by Gasteiger charge is 2.22. The van der Waals surface area contributed by atoms with Crippen molar-refractivity contribution < 1.29 is 8.42 Å². The second kappa shape index (κ2) is 10.8. The normalized spacial score (nSPS) is 20.7. The van der Waals surface area contributed by atoms with Crippen molar-refractivity contribution in [2.45, 2.75) is 50.0 Å². The van der Waals surface area contributed by atoms with Crippen LogP contribution in [0.4, 0.5) is 0 Å². The molecule has 0 saturated carbocycles. The average Bonchev–Trinajstić information content (AvgIpc) is 3.27. The monoisotopic (exact) mass is 465 g/mol. The fourth-order valence-corrected chi connectivity index (χ4v) is 6.25. The Morgan fingerprint density at radius 1 is 0.909 bits per heavy atom. The first kappa shape index (κ1) is 23.9.